The molecule has 1 aromatic carbocycles. The van der Waals surface area contributed by atoms with Gasteiger partial charge in [0, 0.05) is 18.1 Å². The summed E-state index contributed by atoms with van der Waals surface area (Å²) in [5.41, 5.74) is 0.553. The number of nitrogens with zero attached hydrogens (tertiary/aromatic N) is 2. The maximum Gasteiger partial charge on any atom is 0.573 e. The van der Waals surface area contributed by atoms with Gasteiger partial charge >= 0.3 is 6.36 Å². The Hall–Kier alpha value is -1.83. The number of rotatable bonds is 3. The molecule has 0 unspecified atom stereocenters. The lowest BCUT2D eigenvalue weighted by Crippen LogP contribution is -2.16. The van der Waals surface area contributed by atoms with Crippen LogP contribution in [0.1, 0.15) is 0 Å². The molecule has 0 radical (unpaired) electrons. The first-order valence-electron chi connectivity index (χ1n) is 5.03. The summed E-state index contributed by atoms with van der Waals surface area (Å²) in [5.74, 6) is 0.0578. The summed E-state index contributed by atoms with van der Waals surface area (Å²) in [7, 11) is 0. The minimum absolute atomic E-state index is 0.283. The van der Waals surface area contributed by atoms with Crippen molar-refractivity contribution in [2.75, 3.05) is 5.32 Å². The van der Waals surface area contributed by atoms with E-state index in [2.05, 4.69) is 36.0 Å². The van der Waals surface area contributed by atoms with E-state index in [1.165, 1.54) is 24.3 Å². The maximum atomic E-state index is 12.0. The topological polar surface area (TPSA) is 47.0 Å². The first-order chi connectivity index (χ1) is 8.92. The highest BCUT2D eigenvalue weighted by Crippen LogP contribution is 2.24. The van der Waals surface area contributed by atoms with E-state index in [4.69, 9.17) is 0 Å². The van der Waals surface area contributed by atoms with Gasteiger partial charge in [-0.2, -0.15) is 0 Å². The van der Waals surface area contributed by atoms with Crippen molar-refractivity contribution in [1.82, 2.24) is 9.97 Å². The zero-order valence-electron chi connectivity index (χ0n) is 9.28. The summed E-state index contributed by atoms with van der Waals surface area (Å²) in [5, 5.41) is 2.84. The third-order valence-corrected chi connectivity index (χ3v) is 2.37. The van der Waals surface area contributed by atoms with E-state index in [-0.39, 0.29) is 5.75 Å². The summed E-state index contributed by atoms with van der Waals surface area (Å²) in [4.78, 5) is 7.95. The molecule has 0 fully saturated rings. The number of hydrogen-bond acceptors (Lipinski definition) is 4. The molecule has 0 amide bonds. The summed E-state index contributed by atoms with van der Waals surface area (Å²) >= 11 is 3.19. The van der Waals surface area contributed by atoms with Gasteiger partial charge in [-0.15, -0.1) is 13.2 Å². The average Bonchev–Trinajstić information content (AvgIpc) is 2.33. The number of benzene rings is 1. The second-order valence-corrected chi connectivity index (χ2v) is 4.34. The van der Waals surface area contributed by atoms with Gasteiger partial charge in [-0.1, -0.05) is 0 Å². The quantitative estimate of drug-likeness (QED) is 0.925. The van der Waals surface area contributed by atoms with Crippen LogP contribution in [0, 0.1) is 0 Å². The molecular weight excluding hydrogens is 327 g/mol. The van der Waals surface area contributed by atoms with E-state index in [1.54, 1.807) is 12.4 Å². The van der Waals surface area contributed by atoms with E-state index in [9.17, 15) is 13.2 Å². The molecule has 2 aromatic rings. The maximum absolute atomic E-state index is 12.0. The fourth-order valence-corrected chi connectivity index (χ4v) is 1.45. The highest BCUT2D eigenvalue weighted by atomic mass is 79.9. The molecule has 1 N–H and O–H groups in total. The van der Waals surface area contributed by atoms with Crippen LogP contribution < -0.4 is 10.1 Å². The second kappa shape index (κ2) is 5.43. The van der Waals surface area contributed by atoms with Crippen LogP contribution in [0.4, 0.5) is 24.8 Å². The Morgan fingerprint density at radius 1 is 1.05 bits per heavy atom. The van der Waals surface area contributed by atoms with Crippen molar-refractivity contribution in [3.63, 3.8) is 0 Å². The third kappa shape index (κ3) is 4.40. The lowest BCUT2D eigenvalue weighted by atomic mass is 10.3. The van der Waals surface area contributed by atoms with Crippen molar-refractivity contribution in [1.29, 1.82) is 0 Å². The van der Waals surface area contributed by atoms with Gasteiger partial charge in [-0.25, -0.2) is 9.97 Å². The summed E-state index contributed by atoms with van der Waals surface area (Å²) in [6, 6.07) is 5.28. The molecule has 0 aliphatic heterocycles. The fourth-order valence-electron chi connectivity index (χ4n) is 1.25. The van der Waals surface area contributed by atoms with Crippen LogP contribution in [-0.2, 0) is 0 Å². The van der Waals surface area contributed by atoms with Gasteiger partial charge in [-0.3, -0.25) is 0 Å². The van der Waals surface area contributed by atoms with Gasteiger partial charge in [0.05, 0.1) is 4.47 Å². The third-order valence-electron chi connectivity index (χ3n) is 1.96. The van der Waals surface area contributed by atoms with Crippen molar-refractivity contribution < 1.29 is 17.9 Å². The Kier molecular flexibility index (Phi) is 3.89. The zero-order valence-corrected chi connectivity index (χ0v) is 10.9. The molecule has 0 saturated carbocycles. The highest BCUT2D eigenvalue weighted by molar-refractivity contribution is 9.10. The molecule has 8 heteroatoms. The molecule has 0 saturated heterocycles. The van der Waals surface area contributed by atoms with Crippen LogP contribution in [0.25, 0.3) is 0 Å². The molecular formula is C11H7BrF3N3O. The number of aromatic nitrogens is 2. The molecule has 0 spiro atoms. The Labute approximate surface area is 114 Å². The number of halogens is 4. The van der Waals surface area contributed by atoms with Gasteiger partial charge in [0.2, 0.25) is 5.95 Å². The lowest BCUT2D eigenvalue weighted by Gasteiger charge is -2.09. The second-order valence-electron chi connectivity index (χ2n) is 3.42. The number of nitrogens with one attached hydrogen (secondary N) is 1. The van der Waals surface area contributed by atoms with Crippen molar-refractivity contribution in [2.45, 2.75) is 6.36 Å². The smallest absolute Gasteiger partial charge is 0.406 e. The van der Waals surface area contributed by atoms with Gasteiger partial charge in [0.15, 0.2) is 0 Å². The average molecular weight is 334 g/mol. The van der Waals surface area contributed by atoms with Gasteiger partial charge in [0.1, 0.15) is 5.75 Å². The van der Waals surface area contributed by atoms with Crippen LogP contribution >= 0.6 is 15.9 Å². The molecule has 1 heterocycles. The van der Waals surface area contributed by atoms with Crippen molar-refractivity contribution in [3.8, 4) is 5.75 Å². The lowest BCUT2D eigenvalue weighted by molar-refractivity contribution is -0.274. The molecule has 0 atom stereocenters. The fraction of sp³-hybridized carbons (Fsp3) is 0.0909. The molecule has 1 aromatic heterocycles. The van der Waals surface area contributed by atoms with E-state index < -0.39 is 6.36 Å². The normalized spacial score (nSPS) is 11.2. The van der Waals surface area contributed by atoms with Gasteiger partial charge in [-0.05, 0) is 40.2 Å². The van der Waals surface area contributed by atoms with Crippen molar-refractivity contribution in [3.05, 3.63) is 41.1 Å². The van der Waals surface area contributed by atoms with E-state index in [0.717, 1.165) is 4.47 Å². The SMILES string of the molecule is FC(F)(F)Oc1ccc(Nc2ncc(Br)cn2)cc1. The number of anilines is 2. The Morgan fingerprint density at radius 2 is 1.63 bits per heavy atom. The minimum atomic E-state index is -4.69. The Balaban J connectivity index is 2.04. The van der Waals surface area contributed by atoms with Crippen molar-refractivity contribution in [2.24, 2.45) is 0 Å². The highest BCUT2D eigenvalue weighted by Gasteiger charge is 2.30. The largest absolute Gasteiger partial charge is 0.573 e. The predicted octanol–water partition coefficient (Wildman–Crippen LogP) is 3.88. The van der Waals surface area contributed by atoms with Gasteiger partial charge < -0.3 is 10.1 Å². The minimum Gasteiger partial charge on any atom is -0.406 e. The summed E-state index contributed by atoms with van der Waals surface area (Å²) < 4.78 is 40.4. The molecule has 4 nitrogen and oxygen atoms in total. The first kappa shape index (κ1) is 13.6. The molecule has 0 aliphatic rings. The molecule has 100 valence electrons. The molecule has 0 bridgehead atoms. The zero-order chi connectivity index (χ0) is 13.9. The number of hydrogen-bond donors (Lipinski definition) is 1. The summed E-state index contributed by atoms with van der Waals surface area (Å²) in [6.07, 6.45) is -1.59. The Bertz CT molecular complexity index is 543. The number of alkyl halides is 3. The van der Waals surface area contributed by atoms with E-state index in [1.807, 2.05) is 0 Å². The molecule has 2 rings (SSSR count). The Morgan fingerprint density at radius 3 is 2.16 bits per heavy atom. The van der Waals surface area contributed by atoms with Crippen LogP contribution in [0.2, 0.25) is 0 Å². The first-order valence-corrected chi connectivity index (χ1v) is 5.82. The van der Waals surface area contributed by atoms with Crippen molar-refractivity contribution >= 4 is 27.6 Å². The van der Waals surface area contributed by atoms with Gasteiger partial charge in [0.25, 0.3) is 0 Å². The van der Waals surface area contributed by atoms with E-state index >= 15 is 0 Å². The van der Waals surface area contributed by atoms with Crippen LogP contribution in [0.15, 0.2) is 41.1 Å². The summed E-state index contributed by atoms with van der Waals surface area (Å²) in [6.45, 7) is 0. The van der Waals surface area contributed by atoms with E-state index in [0.29, 0.717) is 11.6 Å². The molecule has 19 heavy (non-hydrogen) atoms. The van der Waals surface area contributed by atoms with Crippen LogP contribution in [-0.4, -0.2) is 16.3 Å². The number of ether oxygens (including phenoxy) is 1. The predicted molar refractivity (Wildman–Crippen MR) is 66.1 cm³/mol. The van der Waals surface area contributed by atoms with Crippen LogP contribution in [0.5, 0.6) is 5.75 Å². The molecule has 0 aliphatic carbocycles. The monoisotopic (exact) mass is 333 g/mol. The van der Waals surface area contributed by atoms with Crippen LogP contribution in [0.3, 0.4) is 0 Å². The standard InChI is InChI=1S/C11H7BrF3N3O/c12-7-5-16-10(17-6-7)18-8-1-3-9(4-2-8)19-11(13,14)15/h1-6H,(H,16,17,18).